The highest BCUT2D eigenvalue weighted by Crippen LogP contribution is 2.55. The van der Waals surface area contributed by atoms with Crippen molar-refractivity contribution < 1.29 is 19.2 Å². The maximum Gasteiger partial charge on any atom is 0.423 e. The van der Waals surface area contributed by atoms with E-state index in [2.05, 4.69) is 4.57 Å². The third-order valence-electron chi connectivity index (χ3n) is 5.65. The van der Waals surface area contributed by atoms with Crippen molar-refractivity contribution >= 4 is 12.2 Å². The van der Waals surface area contributed by atoms with Crippen molar-refractivity contribution in [1.82, 2.24) is 9.63 Å². The van der Waals surface area contributed by atoms with Gasteiger partial charge in [-0.15, -0.1) is 5.06 Å². The first kappa shape index (κ1) is 20.3. The molecule has 0 radical (unpaired) electrons. The van der Waals surface area contributed by atoms with Gasteiger partial charge in [-0.3, -0.25) is 0 Å². The molecule has 2 aliphatic rings. The molecule has 1 aliphatic heterocycles. The molecule has 0 saturated heterocycles. The first-order valence-corrected chi connectivity index (χ1v) is 10.2. The van der Waals surface area contributed by atoms with Crippen molar-refractivity contribution in [2.24, 2.45) is 16.9 Å². The zero-order chi connectivity index (χ0) is 21.6. The molecule has 0 spiro atoms. The molecule has 1 unspecified atom stereocenters. The summed E-state index contributed by atoms with van der Waals surface area (Å²) in [6.07, 6.45) is 0.429. The van der Waals surface area contributed by atoms with Crippen LogP contribution in [-0.4, -0.2) is 28.4 Å². The lowest BCUT2D eigenvalue weighted by atomic mass is 9.83. The van der Waals surface area contributed by atoms with Crippen LogP contribution in [0.15, 0.2) is 30.3 Å². The summed E-state index contributed by atoms with van der Waals surface area (Å²) in [7, 11) is 0. The fourth-order valence-electron chi connectivity index (χ4n) is 4.53. The fraction of sp³-hybridized carbons (Fsp3) is 0.455. The minimum absolute atomic E-state index is 0.351. The lowest BCUT2D eigenvalue weighted by Crippen LogP contribution is -2.46. The Bertz CT molecular complexity index is 973. The maximum atomic E-state index is 11.9. The summed E-state index contributed by atoms with van der Waals surface area (Å²) in [5.74, 6) is 0.835. The van der Waals surface area contributed by atoms with Gasteiger partial charge < -0.3 is 25.6 Å². The van der Waals surface area contributed by atoms with Crippen LogP contribution in [-0.2, 0) is 11.4 Å². The van der Waals surface area contributed by atoms with Crippen LogP contribution < -0.4 is 16.2 Å². The molecule has 1 aromatic heterocycles. The van der Waals surface area contributed by atoms with Gasteiger partial charge in [-0.1, -0.05) is 51.1 Å². The van der Waals surface area contributed by atoms with Gasteiger partial charge in [0.25, 0.3) is 0 Å². The smallest absolute Gasteiger partial charge is 0.408 e. The van der Waals surface area contributed by atoms with Gasteiger partial charge >= 0.3 is 12.2 Å². The van der Waals surface area contributed by atoms with Crippen molar-refractivity contribution in [3.05, 3.63) is 41.7 Å². The topological polar surface area (TPSA) is 113 Å². The van der Waals surface area contributed by atoms with Gasteiger partial charge in [0.2, 0.25) is 0 Å². The second-order valence-electron chi connectivity index (χ2n) is 9.01. The summed E-state index contributed by atoms with van der Waals surface area (Å²) < 4.78 is 7.89. The van der Waals surface area contributed by atoms with E-state index >= 15 is 0 Å². The number of primary amides is 2. The molecule has 0 bridgehead atoms. The molecule has 2 amide bonds. The molecular weight excluding hydrogens is 384 g/mol. The second-order valence-corrected chi connectivity index (χ2v) is 9.01. The summed E-state index contributed by atoms with van der Waals surface area (Å²) in [5.41, 5.74) is 14.3. The van der Waals surface area contributed by atoms with E-state index in [1.54, 1.807) is 5.06 Å². The van der Waals surface area contributed by atoms with Gasteiger partial charge in [0.1, 0.15) is 0 Å². The number of nitrogens with zero attached hydrogens (tertiary/aromatic N) is 2. The summed E-state index contributed by atoms with van der Waals surface area (Å²) >= 11 is 0. The van der Waals surface area contributed by atoms with E-state index in [1.807, 2.05) is 51.1 Å². The highest BCUT2D eigenvalue weighted by molar-refractivity contribution is 5.81. The summed E-state index contributed by atoms with van der Waals surface area (Å²) in [6.45, 7) is 7.21. The van der Waals surface area contributed by atoms with Crippen LogP contribution in [0.4, 0.5) is 9.59 Å². The summed E-state index contributed by atoms with van der Waals surface area (Å²) in [4.78, 5) is 28.9. The molecule has 8 nitrogen and oxygen atoms in total. The van der Waals surface area contributed by atoms with E-state index in [9.17, 15) is 9.59 Å². The average molecular weight is 412 g/mol. The van der Waals surface area contributed by atoms with Crippen molar-refractivity contribution in [3.63, 3.8) is 0 Å². The number of hydrogen-bond acceptors (Lipinski definition) is 5. The Morgan fingerprint density at radius 1 is 1.00 bits per heavy atom. The summed E-state index contributed by atoms with van der Waals surface area (Å²) in [5, 5.41) is 1.59. The highest BCUT2D eigenvalue weighted by atomic mass is 16.7. The van der Waals surface area contributed by atoms with Crippen molar-refractivity contribution in [3.8, 4) is 16.9 Å². The Labute approximate surface area is 175 Å². The minimum Gasteiger partial charge on any atom is -0.408 e. The molecule has 1 fully saturated rings. The van der Waals surface area contributed by atoms with E-state index < -0.39 is 12.2 Å². The molecule has 1 atom stereocenters. The number of hydroxylamine groups is 2. The third-order valence-corrected chi connectivity index (χ3v) is 5.65. The van der Waals surface area contributed by atoms with E-state index in [4.69, 9.17) is 21.0 Å². The molecule has 2 aromatic rings. The molecule has 2 heterocycles. The average Bonchev–Trinajstić information content (AvgIpc) is 3.44. The molecule has 1 aromatic carbocycles. The van der Waals surface area contributed by atoms with Crippen LogP contribution in [0.25, 0.3) is 11.1 Å². The van der Waals surface area contributed by atoms with Crippen molar-refractivity contribution in [1.29, 1.82) is 0 Å². The number of ether oxygens (including phenoxy) is 1. The fourth-order valence-corrected chi connectivity index (χ4v) is 4.53. The molecule has 4 N–H and O–H groups in total. The normalized spacial score (nSPS) is 19.2. The molecule has 4 rings (SSSR count). The molecule has 30 heavy (non-hydrogen) atoms. The van der Waals surface area contributed by atoms with Gasteiger partial charge in [0.15, 0.2) is 5.75 Å². The first-order chi connectivity index (χ1) is 14.2. The van der Waals surface area contributed by atoms with Gasteiger partial charge in [-0.2, -0.15) is 0 Å². The van der Waals surface area contributed by atoms with E-state index in [1.165, 1.54) is 0 Å². The minimum atomic E-state index is -0.872. The number of benzene rings is 1. The van der Waals surface area contributed by atoms with Crippen LogP contribution in [0.2, 0.25) is 0 Å². The number of nitrogens with two attached hydrogens (primary N) is 2. The Morgan fingerprint density at radius 2 is 1.67 bits per heavy atom. The number of aromatic nitrogens is 1. The zero-order valence-electron chi connectivity index (χ0n) is 17.6. The largest absolute Gasteiger partial charge is 0.423 e. The van der Waals surface area contributed by atoms with E-state index in [-0.39, 0.29) is 11.5 Å². The number of hydrogen-bond donors (Lipinski definition) is 2. The van der Waals surface area contributed by atoms with Crippen LogP contribution in [0.1, 0.15) is 57.0 Å². The van der Waals surface area contributed by atoms with Crippen molar-refractivity contribution in [2.75, 3.05) is 6.54 Å². The Kier molecular flexibility index (Phi) is 4.97. The second kappa shape index (κ2) is 7.36. The number of carbonyl (C=O) groups is 2. The molecule has 1 aliphatic carbocycles. The zero-order valence-corrected chi connectivity index (χ0v) is 17.6. The van der Waals surface area contributed by atoms with Gasteiger partial charge in [-0.05, 0) is 23.8 Å². The van der Waals surface area contributed by atoms with Crippen LogP contribution in [0.5, 0.6) is 5.75 Å². The monoisotopic (exact) mass is 412 g/mol. The standard InChI is InChI=1S/C22H28N4O4/c1-22(2,3)19-17-18(29-20(23)27)15(13-7-5-4-6-8-13)16(14-9-10-14)25(17)11-12-26(19)30-21(24)28/h4-8,14,19H,9-12H2,1-3H3,(H2,23,27)(H2,24,28). The Morgan fingerprint density at radius 3 is 2.20 bits per heavy atom. The quantitative estimate of drug-likeness (QED) is 0.791. The highest BCUT2D eigenvalue weighted by Gasteiger charge is 2.46. The van der Waals surface area contributed by atoms with E-state index in [0.717, 1.165) is 35.4 Å². The lowest BCUT2D eigenvalue weighted by Gasteiger charge is -2.42. The van der Waals surface area contributed by atoms with Crippen LogP contribution in [0, 0.1) is 5.41 Å². The van der Waals surface area contributed by atoms with Gasteiger partial charge in [0, 0.05) is 23.7 Å². The lowest BCUT2D eigenvalue weighted by molar-refractivity contribution is -0.168. The van der Waals surface area contributed by atoms with Gasteiger partial charge in [-0.25, -0.2) is 9.59 Å². The molecular formula is C22H28N4O4. The molecule has 160 valence electrons. The van der Waals surface area contributed by atoms with Crippen molar-refractivity contribution in [2.45, 2.75) is 52.1 Å². The van der Waals surface area contributed by atoms with E-state index in [0.29, 0.717) is 24.8 Å². The molecule has 8 heteroatoms. The Balaban J connectivity index is 2.00. The van der Waals surface area contributed by atoms with Gasteiger partial charge in [0.05, 0.1) is 18.3 Å². The predicted molar refractivity (Wildman–Crippen MR) is 112 cm³/mol. The molecule has 1 saturated carbocycles. The number of rotatable bonds is 4. The van der Waals surface area contributed by atoms with Crippen LogP contribution >= 0.6 is 0 Å². The SMILES string of the molecule is CC(C)(C)C1c2c(OC(N)=O)c(-c3ccccc3)c(C3CC3)n2CCN1OC(N)=O. The first-order valence-electron chi connectivity index (χ1n) is 10.2. The third kappa shape index (κ3) is 3.63. The predicted octanol–water partition coefficient (Wildman–Crippen LogP) is 3.90. The Hall–Kier alpha value is -3.00. The van der Waals surface area contributed by atoms with Crippen LogP contribution in [0.3, 0.4) is 0 Å². The number of amides is 2. The summed E-state index contributed by atoms with van der Waals surface area (Å²) in [6, 6.07) is 9.50. The number of fused-ring (bicyclic) bond motifs is 1. The maximum absolute atomic E-state index is 11.9. The number of carbonyl (C=O) groups excluding carboxylic acids is 2.